The van der Waals surface area contributed by atoms with Crippen molar-refractivity contribution >= 4 is 50.6 Å². The number of hydrogen-bond acceptors (Lipinski definition) is 6. The largest absolute Gasteiger partial charge is 0.481 e. The summed E-state index contributed by atoms with van der Waals surface area (Å²) < 4.78 is 0.974. The number of anilines is 3. The smallest absolute Gasteiger partial charge is 0.323 e. The van der Waals surface area contributed by atoms with Gasteiger partial charge in [0, 0.05) is 54.1 Å². The summed E-state index contributed by atoms with van der Waals surface area (Å²) in [6, 6.07) is 22.8. The summed E-state index contributed by atoms with van der Waals surface area (Å²) in [5, 5.41) is 16.7. The second-order valence-corrected chi connectivity index (χ2v) is 10.1. The number of aliphatic carboxylic acids is 1. The lowest BCUT2D eigenvalue weighted by Gasteiger charge is -2.13. The quantitative estimate of drug-likeness (QED) is 0.202. The summed E-state index contributed by atoms with van der Waals surface area (Å²) in [7, 11) is 3.93. The molecule has 3 N–H and O–H groups in total. The monoisotopic (exact) mass is 537 g/mol. The predicted octanol–water partition coefficient (Wildman–Crippen LogP) is 6.75. The highest BCUT2D eigenvalue weighted by Crippen LogP contribution is 2.37. The maximum atomic E-state index is 12.5. The molecule has 5 rings (SSSR count). The van der Waals surface area contributed by atoms with Crippen molar-refractivity contribution in [2.75, 3.05) is 29.6 Å². The first-order chi connectivity index (χ1) is 18.9. The van der Waals surface area contributed by atoms with Crippen molar-refractivity contribution in [3.05, 3.63) is 90.1 Å². The van der Waals surface area contributed by atoms with Crippen molar-refractivity contribution in [1.29, 1.82) is 0 Å². The van der Waals surface area contributed by atoms with Gasteiger partial charge in [-0.25, -0.2) is 14.8 Å². The lowest BCUT2D eigenvalue weighted by atomic mass is 10.0. The number of hydrogen-bond donors (Lipinski definition) is 3. The molecular weight excluding hydrogens is 510 g/mol. The summed E-state index contributed by atoms with van der Waals surface area (Å²) in [6.45, 7) is 0. The Morgan fingerprint density at radius 3 is 2.08 bits per heavy atom. The fourth-order valence-corrected chi connectivity index (χ4v) is 5.25. The minimum Gasteiger partial charge on any atom is -0.481 e. The van der Waals surface area contributed by atoms with Crippen LogP contribution in [0.25, 0.3) is 32.6 Å². The van der Waals surface area contributed by atoms with Crippen molar-refractivity contribution in [2.45, 2.75) is 12.8 Å². The van der Waals surface area contributed by atoms with E-state index in [0.29, 0.717) is 17.8 Å². The molecular formula is C30H27N5O3S. The van der Waals surface area contributed by atoms with Crippen LogP contribution in [-0.4, -0.2) is 41.2 Å². The van der Waals surface area contributed by atoms with Crippen LogP contribution >= 0.6 is 11.3 Å². The van der Waals surface area contributed by atoms with E-state index in [4.69, 9.17) is 5.11 Å². The van der Waals surface area contributed by atoms with Gasteiger partial charge in [-0.2, -0.15) is 0 Å². The number of nitrogens with one attached hydrogen (secondary N) is 2. The Hall–Kier alpha value is -4.76. The van der Waals surface area contributed by atoms with Gasteiger partial charge in [-0.05, 0) is 53.9 Å². The SMILES string of the molecule is CN(C)c1ccc(NC(=O)Nc2ccc(-c3ncnc4c(-c5ccc(CCC(=O)O)cc5)csc34)cc2)cc1. The summed E-state index contributed by atoms with van der Waals surface area (Å²) in [4.78, 5) is 34.4. The van der Waals surface area contributed by atoms with Crippen LogP contribution in [0.4, 0.5) is 21.9 Å². The summed E-state index contributed by atoms with van der Waals surface area (Å²) in [5.41, 5.74) is 8.06. The van der Waals surface area contributed by atoms with E-state index in [1.54, 1.807) is 17.7 Å². The Morgan fingerprint density at radius 1 is 0.846 bits per heavy atom. The highest BCUT2D eigenvalue weighted by atomic mass is 32.1. The second kappa shape index (κ2) is 11.3. The zero-order valence-electron chi connectivity index (χ0n) is 21.5. The number of urea groups is 1. The number of carbonyl (C=O) groups excluding carboxylic acids is 1. The van der Waals surface area contributed by atoms with Gasteiger partial charge in [0.1, 0.15) is 6.33 Å². The van der Waals surface area contributed by atoms with Crippen LogP contribution in [0.15, 0.2) is 84.5 Å². The molecule has 3 aromatic carbocycles. The number of carbonyl (C=O) groups is 2. The number of fused-ring (bicyclic) bond motifs is 1. The van der Waals surface area contributed by atoms with Gasteiger partial charge >= 0.3 is 12.0 Å². The Labute approximate surface area is 230 Å². The molecule has 2 heterocycles. The first-order valence-corrected chi connectivity index (χ1v) is 13.2. The first-order valence-electron chi connectivity index (χ1n) is 12.4. The number of carboxylic acid groups (broad SMARTS) is 1. The second-order valence-electron chi connectivity index (χ2n) is 9.24. The van der Waals surface area contributed by atoms with E-state index in [1.165, 1.54) is 0 Å². The number of aromatic nitrogens is 2. The van der Waals surface area contributed by atoms with Gasteiger partial charge in [-0.1, -0.05) is 36.4 Å². The Kier molecular flexibility index (Phi) is 7.51. The highest BCUT2D eigenvalue weighted by Gasteiger charge is 2.14. The molecule has 5 aromatic rings. The Morgan fingerprint density at radius 2 is 1.46 bits per heavy atom. The number of aryl methyl sites for hydroxylation is 1. The molecule has 0 radical (unpaired) electrons. The van der Waals surface area contributed by atoms with Crippen molar-refractivity contribution < 1.29 is 14.7 Å². The average Bonchev–Trinajstić information content (AvgIpc) is 3.37. The predicted molar refractivity (Wildman–Crippen MR) is 158 cm³/mol. The van der Waals surface area contributed by atoms with Gasteiger partial charge in [-0.3, -0.25) is 4.79 Å². The average molecular weight is 538 g/mol. The fourth-order valence-electron chi connectivity index (χ4n) is 4.21. The van der Waals surface area contributed by atoms with Crippen LogP contribution in [0.2, 0.25) is 0 Å². The number of nitrogens with zero attached hydrogens (tertiary/aromatic N) is 3. The zero-order chi connectivity index (χ0) is 27.4. The maximum absolute atomic E-state index is 12.5. The van der Waals surface area contributed by atoms with Gasteiger partial charge in [0.2, 0.25) is 0 Å². The van der Waals surface area contributed by atoms with Crippen LogP contribution < -0.4 is 15.5 Å². The van der Waals surface area contributed by atoms with E-state index in [-0.39, 0.29) is 12.5 Å². The van der Waals surface area contributed by atoms with Gasteiger partial charge in [-0.15, -0.1) is 11.3 Å². The van der Waals surface area contributed by atoms with Crippen molar-refractivity contribution in [3.8, 4) is 22.4 Å². The third-order valence-corrected chi connectivity index (χ3v) is 7.28. The Balaban J connectivity index is 1.29. The molecule has 2 amide bonds. The minimum atomic E-state index is -0.801. The molecule has 0 unspecified atom stereocenters. The normalized spacial score (nSPS) is 10.8. The third-order valence-electron chi connectivity index (χ3n) is 6.30. The molecule has 0 bridgehead atoms. The van der Waals surface area contributed by atoms with Gasteiger partial charge in [0.05, 0.1) is 15.9 Å². The van der Waals surface area contributed by atoms with Crippen LogP contribution in [-0.2, 0) is 11.2 Å². The van der Waals surface area contributed by atoms with Gasteiger partial charge in [0.15, 0.2) is 0 Å². The van der Waals surface area contributed by atoms with Crippen molar-refractivity contribution in [2.24, 2.45) is 0 Å². The molecule has 0 aliphatic rings. The number of rotatable bonds is 8. The zero-order valence-corrected chi connectivity index (χ0v) is 22.3. The van der Waals surface area contributed by atoms with Crippen LogP contribution in [0.1, 0.15) is 12.0 Å². The minimum absolute atomic E-state index is 0.112. The molecule has 8 nitrogen and oxygen atoms in total. The lowest BCUT2D eigenvalue weighted by Crippen LogP contribution is -2.19. The third kappa shape index (κ3) is 6.05. The number of benzene rings is 3. The van der Waals surface area contributed by atoms with Gasteiger partial charge in [0.25, 0.3) is 0 Å². The number of carboxylic acids is 1. The lowest BCUT2D eigenvalue weighted by molar-refractivity contribution is -0.136. The molecule has 0 spiro atoms. The Bertz CT molecular complexity index is 1610. The van der Waals surface area contributed by atoms with E-state index in [1.807, 2.05) is 91.8 Å². The van der Waals surface area contributed by atoms with E-state index in [2.05, 4.69) is 26.0 Å². The molecule has 0 saturated heterocycles. The van der Waals surface area contributed by atoms with E-state index >= 15 is 0 Å². The maximum Gasteiger partial charge on any atom is 0.323 e. The topological polar surface area (TPSA) is 107 Å². The molecule has 39 heavy (non-hydrogen) atoms. The van der Waals surface area contributed by atoms with Crippen molar-refractivity contribution in [3.63, 3.8) is 0 Å². The fraction of sp³-hybridized carbons (Fsp3) is 0.133. The van der Waals surface area contributed by atoms with Crippen molar-refractivity contribution in [1.82, 2.24) is 9.97 Å². The number of thiophene rings is 1. The molecule has 0 aliphatic heterocycles. The highest BCUT2D eigenvalue weighted by molar-refractivity contribution is 7.18. The summed E-state index contributed by atoms with van der Waals surface area (Å²) in [5.74, 6) is -0.801. The molecule has 0 atom stereocenters. The van der Waals surface area contributed by atoms with E-state index in [0.717, 1.165) is 43.9 Å². The van der Waals surface area contributed by atoms with Crippen LogP contribution in [0.3, 0.4) is 0 Å². The molecule has 0 aliphatic carbocycles. The molecule has 2 aromatic heterocycles. The van der Waals surface area contributed by atoms with Crippen LogP contribution in [0, 0.1) is 0 Å². The van der Waals surface area contributed by atoms with Crippen LogP contribution in [0.5, 0.6) is 0 Å². The molecule has 0 saturated carbocycles. The van der Waals surface area contributed by atoms with Gasteiger partial charge < -0.3 is 20.6 Å². The molecule has 9 heteroatoms. The molecule has 196 valence electrons. The summed E-state index contributed by atoms with van der Waals surface area (Å²) in [6.07, 6.45) is 2.18. The number of amides is 2. The van der Waals surface area contributed by atoms with E-state index in [9.17, 15) is 9.59 Å². The standard InChI is InChI=1S/C30H27N5O3S/c1-35(2)24-14-12-23(13-15-24)34-30(38)33-22-10-8-21(9-11-22)27-29-28(32-18-31-27)25(17-39-29)20-6-3-19(4-7-20)5-16-26(36)37/h3-4,6-15,17-18H,5,16H2,1-2H3,(H,36,37)(H2,33,34,38). The summed E-state index contributed by atoms with van der Waals surface area (Å²) >= 11 is 1.58. The first kappa shape index (κ1) is 25.9. The molecule has 0 fully saturated rings. The van der Waals surface area contributed by atoms with E-state index < -0.39 is 5.97 Å².